The van der Waals surface area contributed by atoms with Gasteiger partial charge in [-0.05, 0) is 27.7 Å². The van der Waals surface area contributed by atoms with Crippen molar-refractivity contribution in [3.05, 3.63) is 46.0 Å². The number of rotatable bonds is 8. The standard InChI is InChI=1S/C28H36Cl2N2O8/c1-17-33-9-19-7-31-23(5-29)25(21(19)11-35-17)37-13-28(15-39-27(3,4)40-16-28)14-38-26-22-12-36-18(2)34-10-20(22)8-32-24(26)6-30/h7-8,17-18H,5-6,9-16H2,1-4H3. The normalized spacial score (nSPS) is 23.9. The van der Waals surface area contributed by atoms with Crippen LogP contribution in [0.1, 0.15) is 61.3 Å². The predicted octanol–water partition coefficient (Wildman–Crippen LogP) is 4.97. The number of pyridine rings is 2. The number of alkyl halides is 2. The lowest BCUT2D eigenvalue weighted by atomic mass is 9.90. The summed E-state index contributed by atoms with van der Waals surface area (Å²) < 4.78 is 48.3. The number of ether oxygens (including phenoxy) is 8. The first-order valence-corrected chi connectivity index (χ1v) is 14.4. The van der Waals surface area contributed by atoms with Crippen molar-refractivity contribution < 1.29 is 37.9 Å². The Balaban J connectivity index is 1.42. The lowest BCUT2D eigenvalue weighted by Gasteiger charge is -2.43. The van der Waals surface area contributed by atoms with Crippen molar-refractivity contribution in [1.82, 2.24) is 9.97 Å². The molecule has 0 spiro atoms. The number of halogens is 2. The molecule has 3 aliphatic heterocycles. The Kier molecular flexibility index (Phi) is 9.38. The Morgan fingerprint density at radius 3 is 1.60 bits per heavy atom. The maximum atomic E-state index is 6.51. The minimum atomic E-state index is -0.731. The zero-order valence-corrected chi connectivity index (χ0v) is 24.8. The molecule has 220 valence electrons. The van der Waals surface area contributed by atoms with Gasteiger partial charge in [0.2, 0.25) is 0 Å². The van der Waals surface area contributed by atoms with Gasteiger partial charge in [0.25, 0.3) is 0 Å². The van der Waals surface area contributed by atoms with Crippen molar-refractivity contribution in [3.63, 3.8) is 0 Å². The lowest BCUT2D eigenvalue weighted by molar-refractivity contribution is -0.292. The van der Waals surface area contributed by atoms with Gasteiger partial charge in [-0.25, -0.2) is 0 Å². The van der Waals surface area contributed by atoms with E-state index in [4.69, 9.17) is 61.1 Å². The second kappa shape index (κ2) is 12.6. The maximum absolute atomic E-state index is 6.51. The lowest BCUT2D eigenvalue weighted by Crippen LogP contribution is -2.52. The Morgan fingerprint density at radius 1 is 0.750 bits per heavy atom. The molecule has 0 aromatic carbocycles. The fraction of sp³-hybridized carbons (Fsp3) is 0.643. The Hall–Kier alpha value is -1.76. The number of aromatic nitrogens is 2. The van der Waals surface area contributed by atoms with Crippen molar-refractivity contribution >= 4 is 23.2 Å². The third kappa shape index (κ3) is 6.65. The molecule has 12 heteroatoms. The SMILES string of the molecule is CC1OCc2cnc(CCl)c(OCC3(COc4c(CCl)ncc5c4COC(C)OC5)COC(C)(C)OC3)c2CO1. The first-order chi connectivity index (χ1) is 19.2. The van der Waals surface area contributed by atoms with E-state index in [1.54, 1.807) is 12.4 Å². The van der Waals surface area contributed by atoms with E-state index in [-0.39, 0.29) is 37.6 Å². The Bertz CT molecular complexity index is 1110. The predicted molar refractivity (Wildman–Crippen MR) is 145 cm³/mol. The van der Waals surface area contributed by atoms with Gasteiger partial charge in [0, 0.05) is 34.6 Å². The maximum Gasteiger partial charge on any atom is 0.162 e. The summed E-state index contributed by atoms with van der Waals surface area (Å²) in [6.07, 6.45) is 2.85. The Labute approximate surface area is 244 Å². The highest BCUT2D eigenvalue weighted by Gasteiger charge is 2.43. The molecule has 5 rings (SSSR count). The topological polar surface area (TPSA) is 99.6 Å². The average molecular weight is 600 g/mol. The number of hydrogen-bond donors (Lipinski definition) is 0. The summed E-state index contributed by atoms with van der Waals surface area (Å²) in [5.74, 6) is 0.815. The molecule has 2 aromatic rings. The molecule has 10 nitrogen and oxygen atoms in total. The van der Waals surface area contributed by atoms with Gasteiger partial charge in [0.15, 0.2) is 18.4 Å². The van der Waals surface area contributed by atoms with E-state index in [0.29, 0.717) is 62.5 Å². The van der Waals surface area contributed by atoms with Gasteiger partial charge < -0.3 is 37.9 Å². The fourth-order valence-corrected chi connectivity index (χ4v) is 5.01. The van der Waals surface area contributed by atoms with Crippen LogP contribution in [0.5, 0.6) is 11.5 Å². The Morgan fingerprint density at radius 2 is 1.18 bits per heavy atom. The van der Waals surface area contributed by atoms with Crippen molar-refractivity contribution in [2.45, 2.75) is 84.2 Å². The van der Waals surface area contributed by atoms with Crippen LogP contribution in [0.3, 0.4) is 0 Å². The molecule has 40 heavy (non-hydrogen) atoms. The van der Waals surface area contributed by atoms with Crippen molar-refractivity contribution in [3.8, 4) is 11.5 Å². The molecule has 2 unspecified atom stereocenters. The van der Waals surface area contributed by atoms with Crippen LogP contribution in [0, 0.1) is 5.41 Å². The molecule has 1 saturated heterocycles. The molecule has 0 bridgehead atoms. The molecular formula is C28H36Cl2N2O8. The van der Waals surface area contributed by atoms with E-state index >= 15 is 0 Å². The van der Waals surface area contributed by atoms with Crippen LogP contribution in [-0.4, -0.2) is 54.8 Å². The highest BCUT2D eigenvalue weighted by atomic mass is 35.5. The van der Waals surface area contributed by atoms with Crippen LogP contribution in [0.25, 0.3) is 0 Å². The molecule has 0 radical (unpaired) electrons. The molecule has 0 aliphatic carbocycles. The van der Waals surface area contributed by atoms with Crippen LogP contribution < -0.4 is 9.47 Å². The van der Waals surface area contributed by atoms with Gasteiger partial charge in [-0.1, -0.05) is 0 Å². The zero-order valence-electron chi connectivity index (χ0n) is 23.3. The van der Waals surface area contributed by atoms with E-state index in [1.165, 1.54) is 0 Å². The number of fused-ring (bicyclic) bond motifs is 2. The molecule has 0 N–H and O–H groups in total. The summed E-state index contributed by atoms with van der Waals surface area (Å²) in [6.45, 7) is 9.99. The minimum Gasteiger partial charge on any atom is -0.490 e. The van der Waals surface area contributed by atoms with E-state index in [1.807, 2.05) is 27.7 Å². The van der Waals surface area contributed by atoms with Crippen LogP contribution in [0.2, 0.25) is 0 Å². The van der Waals surface area contributed by atoms with E-state index in [9.17, 15) is 0 Å². The monoisotopic (exact) mass is 598 g/mol. The molecular weight excluding hydrogens is 563 g/mol. The molecule has 0 saturated carbocycles. The smallest absolute Gasteiger partial charge is 0.162 e. The van der Waals surface area contributed by atoms with E-state index in [0.717, 1.165) is 22.3 Å². The van der Waals surface area contributed by atoms with Gasteiger partial charge >= 0.3 is 0 Å². The quantitative estimate of drug-likeness (QED) is 0.387. The van der Waals surface area contributed by atoms with Crippen LogP contribution >= 0.6 is 23.2 Å². The summed E-state index contributed by atoms with van der Waals surface area (Å²) in [6, 6.07) is 0. The van der Waals surface area contributed by atoms with Crippen LogP contribution in [0.4, 0.5) is 0 Å². The number of nitrogens with zero attached hydrogens (tertiary/aromatic N) is 2. The summed E-state index contributed by atoms with van der Waals surface area (Å²) in [5, 5.41) is 0. The highest BCUT2D eigenvalue weighted by Crippen LogP contribution is 2.37. The van der Waals surface area contributed by atoms with Crippen LogP contribution in [0.15, 0.2) is 12.4 Å². The van der Waals surface area contributed by atoms with Gasteiger partial charge in [0.05, 0.1) is 68.2 Å². The van der Waals surface area contributed by atoms with Gasteiger partial charge in [-0.2, -0.15) is 0 Å². The first kappa shape index (κ1) is 29.7. The van der Waals surface area contributed by atoms with E-state index in [2.05, 4.69) is 9.97 Å². The summed E-state index contributed by atoms with van der Waals surface area (Å²) in [4.78, 5) is 9.06. The zero-order chi connectivity index (χ0) is 28.3. The molecule has 1 fully saturated rings. The summed E-state index contributed by atoms with van der Waals surface area (Å²) >= 11 is 12.5. The first-order valence-electron chi connectivity index (χ1n) is 13.3. The van der Waals surface area contributed by atoms with Crippen molar-refractivity contribution in [1.29, 1.82) is 0 Å². The molecule has 2 aromatic heterocycles. The second-order valence-corrected chi connectivity index (χ2v) is 11.3. The summed E-state index contributed by atoms with van der Waals surface area (Å²) in [7, 11) is 0. The van der Waals surface area contributed by atoms with Gasteiger partial charge in [0.1, 0.15) is 24.7 Å². The molecule has 2 atom stereocenters. The molecule has 5 heterocycles. The molecule has 3 aliphatic rings. The van der Waals surface area contributed by atoms with Crippen molar-refractivity contribution in [2.24, 2.45) is 5.41 Å². The van der Waals surface area contributed by atoms with Gasteiger partial charge in [-0.3, -0.25) is 9.97 Å². The van der Waals surface area contributed by atoms with Crippen molar-refractivity contribution in [2.75, 3.05) is 26.4 Å². The highest BCUT2D eigenvalue weighted by molar-refractivity contribution is 6.17. The average Bonchev–Trinajstić information content (AvgIpc) is 3.27. The third-order valence-corrected chi connectivity index (χ3v) is 7.73. The van der Waals surface area contributed by atoms with Crippen LogP contribution in [-0.2, 0) is 66.6 Å². The van der Waals surface area contributed by atoms with Gasteiger partial charge in [-0.15, -0.1) is 23.2 Å². The van der Waals surface area contributed by atoms with E-state index < -0.39 is 11.2 Å². The summed E-state index contributed by atoms with van der Waals surface area (Å²) in [5.41, 5.74) is 4.13. The molecule has 0 amide bonds. The minimum absolute atomic E-state index is 0.184. The fourth-order valence-electron chi connectivity index (χ4n) is 4.63. The largest absolute Gasteiger partial charge is 0.490 e. The second-order valence-electron chi connectivity index (χ2n) is 10.8. The third-order valence-electron chi connectivity index (χ3n) is 7.22. The number of hydrogen-bond acceptors (Lipinski definition) is 10.